The molecule has 9 atom stereocenters. The Bertz CT molecular complexity index is 729. The molecule has 3 fully saturated rings. The van der Waals surface area contributed by atoms with E-state index in [1.54, 1.807) is 0 Å². The van der Waals surface area contributed by atoms with E-state index in [-0.39, 0.29) is 46.8 Å². The van der Waals surface area contributed by atoms with Gasteiger partial charge in [0, 0.05) is 25.2 Å². The average Bonchev–Trinajstić information content (AvgIpc) is 2.95. The van der Waals surface area contributed by atoms with Crippen LogP contribution in [0.4, 0.5) is 0 Å². The van der Waals surface area contributed by atoms with Crippen LogP contribution in [0.1, 0.15) is 73.1 Å². The van der Waals surface area contributed by atoms with Gasteiger partial charge in [-0.1, -0.05) is 20.8 Å². The Hall–Kier alpha value is -1.36. The van der Waals surface area contributed by atoms with Gasteiger partial charge in [0.25, 0.3) is 0 Å². The number of carbonyl (C=O) groups is 2. The van der Waals surface area contributed by atoms with E-state index in [4.69, 9.17) is 9.47 Å². The lowest BCUT2D eigenvalue weighted by Crippen LogP contribution is -2.57. The molecule has 4 rings (SSSR count). The summed E-state index contributed by atoms with van der Waals surface area (Å²) in [5.41, 5.74) is 0.962. The van der Waals surface area contributed by atoms with Crippen LogP contribution in [-0.2, 0) is 19.1 Å². The second kappa shape index (κ2) is 7.11. The molecule has 0 bridgehead atoms. The highest BCUT2D eigenvalue weighted by molar-refractivity contribution is 5.67. The van der Waals surface area contributed by atoms with Gasteiger partial charge in [-0.15, -0.1) is 0 Å². The van der Waals surface area contributed by atoms with Crippen LogP contribution in [0.5, 0.6) is 0 Å². The molecule has 3 saturated carbocycles. The van der Waals surface area contributed by atoms with Crippen LogP contribution in [0, 0.1) is 34.5 Å². The summed E-state index contributed by atoms with van der Waals surface area (Å²) in [4.78, 5) is 23.7. The molecule has 0 aromatic rings. The van der Waals surface area contributed by atoms with Gasteiger partial charge < -0.3 is 14.6 Å². The van der Waals surface area contributed by atoms with E-state index in [1.165, 1.54) is 13.8 Å². The van der Waals surface area contributed by atoms with E-state index in [1.807, 2.05) is 0 Å². The van der Waals surface area contributed by atoms with Gasteiger partial charge in [-0.25, -0.2) is 0 Å². The van der Waals surface area contributed by atoms with E-state index in [0.29, 0.717) is 11.8 Å². The van der Waals surface area contributed by atoms with Gasteiger partial charge in [0.15, 0.2) is 0 Å². The minimum Gasteiger partial charge on any atom is -0.462 e. The summed E-state index contributed by atoms with van der Waals surface area (Å²) < 4.78 is 11.6. The maximum absolute atomic E-state index is 12.0. The van der Waals surface area contributed by atoms with Crippen LogP contribution in [0.3, 0.4) is 0 Å². The van der Waals surface area contributed by atoms with Crippen LogP contribution < -0.4 is 0 Å². The Morgan fingerprint density at radius 2 is 1.69 bits per heavy atom. The topological polar surface area (TPSA) is 72.8 Å². The maximum Gasteiger partial charge on any atom is 0.303 e. The van der Waals surface area contributed by atoms with Crippen LogP contribution in [0.2, 0.25) is 0 Å². The molecule has 0 aliphatic heterocycles. The molecule has 29 heavy (non-hydrogen) atoms. The quantitative estimate of drug-likeness (QED) is 0.556. The van der Waals surface area contributed by atoms with Crippen molar-refractivity contribution in [1.29, 1.82) is 0 Å². The van der Waals surface area contributed by atoms with Crippen molar-refractivity contribution in [3.8, 4) is 0 Å². The molecule has 1 N–H and O–H groups in total. The zero-order valence-corrected chi connectivity index (χ0v) is 18.4. The SMILES string of the molecule is CC(=O)O[C@H]1C=C2[C@@H](O)[C@@H](C)CCC2(C)C2CCC3(C)C(CC[C@@H]3OC(C)=O)C21. The minimum absolute atomic E-state index is 0.0475. The number of esters is 2. The van der Waals surface area contributed by atoms with Crippen molar-refractivity contribution in [2.45, 2.75) is 91.5 Å². The molecule has 162 valence electrons. The highest BCUT2D eigenvalue weighted by Crippen LogP contribution is 2.65. The monoisotopic (exact) mass is 404 g/mol. The lowest BCUT2D eigenvalue weighted by molar-refractivity contribution is -0.167. The summed E-state index contributed by atoms with van der Waals surface area (Å²) in [5.74, 6) is 0.696. The van der Waals surface area contributed by atoms with Crippen molar-refractivity contribution >= 4 is 11.9 Å². The number of aliphatic hydroxyl groups excluding tert-OH is 1. The van der Waals surface area contributed by atoms with Gasteiger partial charge in [0.2, 0.25) is 0 Å². The summed E-state index contributed by atoms with van der Waals surface area (Å²) in [6.07, 6.45) is 7.26. The van der Waals surface area contributed by atoms with E-state index >= 15 is 0 Å². The third-order valence-electron chi connectivity index (χ3n) is 9.03. The molecule has 5 heteroatoms. The third kappa shape index (κ3) is 3.15. The van der Waals surface area contributed by atoms with Gasteiger partial charge in [0.05, 0.1) is 6.10 Å². The summed E-state index contributed by atoms with van der Waals surface area (Å²) in [7, 11) is 0. The summed E-state index contributed by atoms with van der Waals surface area (Å²) in [5, 5.41) is 11.0. The number of hydrogen-bond acceptors (Lipinski definition) is 5. The first kappa shape index (κ1) is 20.9. The lowest BCUT2D eigenvalue weighted by atomic mass is 9.46. The molecular formula is C24H36O5. The maximum atomic E-state index is 12.0. The molecule has 0 radical (unpaired) electrons. The third-order valence-corrected chi connectivity index (χ3v) is 9.03. The number of rotatable bonds is 2. The Labute approximate surface area is 174 Å². The smallest absolute Gasteiger partial charge is 0.303 e. The van der Waals surface area contributed by atoms with Crippen molar-refractivity contribution in [3.05, 3.63) is 11.6 Å². The highest BCUT2D eigenvalue weighted by Gasteiger charge is 2.63. The molecule has 4 aliphatic carbocycles. The Kier molecular flexibility index (Phi) is 5.12. The summed E-state index contributed by atoms with van der Waals surface area (Å²) in [6, 6.07) is 0. The molecule has 0 amide bonds. The number of ether oxygens (including phenoxy) is 2. The average molecular weight is 405 g/mol. The molecule has 5 unspecified atom stereocenters. The number of fused-ring (bicyclic) bond motifs is 5. The Balaban J connectivity index is 1.75. The predicted molar refractivity (Wildman–Crippen MR) is 109 cm³/mol. The van der Waals surface area contributed by atoms with Gasteiger partial charge in [-0.05, 0) is 73.3 Å². The normalized spacial score (nSPS) is 48.6. The molecule has 0 spiro atoms. The van der Waals surface area contributed by atoms with E-state index in [2.05, 4.69) is 26.8 Å². The first-order chi connectivity index (χ1) is 13.6. The molecule has 0 aromatic carbocycles. The molecule has 0 heterocycles. The van der Waals surface area contributed by atoms with E-state index in [9.17, 15) is 14.7 Å². The van der Waals surface area contributed by atoms with Crippen molar-refractivity contribution < 1.29 is 24.2 Å². The van der Waals surface area contributed by atoms with Crippen molar-refractivity contribution in [3.63, 3.8) is 0 Å². The van der Waals surface area contributed by atoms with Crippen molar-refractivity contribution in [2.24, 2.45) is 34.5 Å². The molecule has 0 aromatic heterocycles. The van der Waals surface area contributed by atoms with E-state index in [0.717, 1.165) is 44.1 Å². The molecular weight excluding hydrogens is 368 g/mol. The fourth-order valence-corrected chi connectivity index (χ4v) is 7.50. The van der Waals surface area contributed by atoms with Crippen molar-refractivity contribution in [2.75, 3.05) is 0 Å². The zero-order chi connectivity index (χ0) is 21.1. The molecule has 4 aliphatic rings. The van der Waals surface area contributed by atoms with Gasteiger partial charge in [-0.2, -0.15) is 0 Å². The van der Waals surface area contributed by atoms with Gasteiger partial charge in [0.1, 0.15) is 12.2 Å². The standard InChI is InChI=1S/C24H36O5/c1-13-8-10-23(4)17-9-11-24(5)16(6-7-20(24)29-15(3)26)21(17)19(28-14(2)25)12-18(23)22(13)27/h12-13,16-17,19-22,27H,6-11H2,1-5H3/t13-,16?,17?,19-,20-,21?,22-,23?,24?/m0/s1. The summed E-state index contributed by atoms with van der Waals surface area (Å²) in [6.45, 7) is 9.65. The largest absolute Gasteiger partial charge is 0.462 e. The number of aliphatic hydroxyl groups is 1. The number of carbonyl (C=O) groups excluding carboxylic acids is 2. The Morgan fingerprint density at radius 1 is 1.00 bits per heavy atom. The first-order valence-electron chi connectivity index (χ1n) is 11.3. The lowest BCUT2D eigenvalue weighted by Gasteiger charge is -2.59. The van der Waals surface area contributed by atoms with Gasteiger partial charge >= 0.3 is 11.9 Å². The number of hydrogen-bond donors (Lipinski definition) is 1. The van der Waals surface area contributed by atoms with Crippen LogP contribution in [0.15, 0.2) is 11.6 Å². The fourth-order valence-electron chi connectivity index (χ4n) is 7.50. The van der Waals surface area contributed by atoms with Crippen LogP contribution in [-0.4, -0.2) is 35.4 Å². The van der Waals surface area contributed by atoms with Crippen LogP contribution >= 0.6 is 0 Å². The highest BCUT2D eigenvalue weighted by atomic mass is 16.5. The summed E-state index contributed by atoms with van der Waals surface area (Å²) >= 11 is 0. The second-order valence-electron chi connectivity index (χ2n) is 10.6. The molecule has 0 saturated heterocycles. The van der Waals surface area contributed by atoms with Gasteiger partial charge in [-0.3, -0.25) is 9.59 Å². The first-order valence-corrected chi connectivity index (χ1v) is 11.3. The zero-order valence-electron chi connectivity index (χ0n) is 18.4. The van der Waals surface area contributed by atoms with E-state index < -0.39 is 6.10 Å². The minimum atomic E-state index is -0.460. The second-order valence-corrected chi connectivity index (χ2v) is 10.6. The fraction of sp³-hybridized carbons (Fsp3) is 0.833. The molecule has 5 nitrogen and oxygen atoms in total. The Morgan fingerprint density at radius 3 is 2.34 bits per heavy atom. The van der Waals surface area contributed by atoms with Crippen molar-refractivity contribution in [1.82, 2.24) is 0 Å². The van der Waals surface area contributed by atoms with Crippen LogP contribution in [0.25, 0.3) is 0 Å². The predicted octanol–water partition coefficient (Wildman–Crippen LogP) is 4.03.